The Morgan fingerprint density at radius 3 is 3.00 bits per heavy atom. The average molecular weight is 393 g/mol. The molecule has 2 aromatic rings. The number of nitro groups is 1. The Hall–Kier alpha value is -2.52. The highest BCUT2D eigenvalue weighted by molar-refractivity contribution is 7.15. The summed E-state index contributed by atoms with van der Waals surface area (Å²) in [4.78, 5) is 22.0. The molecular weight excluding hydrogens is 376 g/mol. The van der Waals surface area contributed by atoms with Crippen LogP contribution in [-0.4, -0.2) is 39.6 Å². The average Bonchev–Trinajstić information content (AvgIpc) is 3.21. The highest BCUT2D eigenvalue weighted by Gasteiger charge is 2.31. The summed E-state index contributed by atoms with van der Waals surface area (Å²) < 4.78 is 0.442. The van der Waals surface area contributed by atoms with E-state index in [0.717, 1.165) is 21.7 Å². The molecule has 0 unspecified atom stereocenters. The normalized spacial score (nSPS) is 14.5. The molecule has 0 aliphatic carbocycles. The van der Waals surface area contributed by atoms with Gasteiger partial charge in [-0.15, -0.1) is 11.3 Å². The van der Waals surface area contributed by atoms with Gasteiger partial charge in [0, 0.05) is 17.6 Å². The molecule has 0 radical (unpaired) electrons. The van der Waals surface area contributed by atoms with E-state index in [9.17, 15) is 10.1 Å². The van der Waals surface area contributed by atoms with Crippen LogP contribution in [0, 0.1) is 24.0 Å². The van der Waals surface area contributed by atoms with Crippen molar-refractivity contribution in [1.82, 2.24) is 9.88 Å². The minimum Gasteiger partial charge on any atom is -0.358 e. The van der Waals surface area contributed by atoms with Crippen molar-refractivity contribution in [1.29, 1.82) is 0 Å². The van der Waals surface area contributed by atoms with Crippen molar-refractivity contribution >= 4 is 40.3 Å². The van der Waals surface area contributed by atoms with Crippen LogP contribution < -0.4 is 5.43 Å². The first kappa shape index (κ1) is 18.3. The van der Waals surface area contributed by atoms with E-state index in [1.165, 1.54) is 11.3 Å². The summed E-state index contributed by atoms with van der Waals surface area (Å²) in [7, 11) is 0. The quantitative estimate of drug-likeness (QED) is 0.364. The summed E-state index contributed by atoms with van der Waals surface area (Å²) in [6.07, 6.45) is 1.67. The zero-order valence-corrected chi connectivity index (χ0v) is 15.8. The van der Waals surface area contributed by atoms with Gasteiger partial charge in [-0.2, -0.15) is 5.43 Å². The molecule has 1 N–H and O–H groups in total. The van der Waals surface area contributed by atoms with Gasteiger partial charge in [-0.1, -0.05) is 23.7 Å². The fourth-order valence-electron chi connectivity index (χ4n) is 2.55. The van der Waals surface area contributed by atoms with E-state index in [1.54, 1.807) is 6.20 Å². The standard InChI is InChI=1S/C16H17ClN6O2S/c1-10-4-3-5-13(11(10)2)20-21-15(23(24)25)14-18-6-7-22(14)9-12-8-19-16(17)26-12/h3-5,8,20H,6-7,9H2,1-2H3. The van der Waals surface area contributed by atoms with E-state index in [0.29, 0.717) is 24.1 Å². The number of aliphatic imine (C=N–C) groups is 1. The fourth-order valence-corrected chi connectivity index (χ4v) is 3.54. The summed E-state index contributed by atoms with van der Waals surface area (Å²) in [6.45, 7) is 5.44. The third-order valence-corrected chi connectivity index (χ3v) is 5.16. The van der Waals surface area contributed by atoms with E-state index in [2.05, 4.69) is 20.5 Å². The number of halogens is 1. The van der Waals surface area contributed by atoms with Crippen molar-refractivity contribution in [3.8, 4) is 0 Å². The number of aromatic nitrogens is 1. The van der Waals surface area contributed by atoms with Gasteiger partial charge in [0.15, 0.2) is 4.47 Å². The molecule has 3 rings (SSSR count). The first-order valence-corrected chi connectivity index (χ1v) is 9.09. The fraction of sp³-hybridized carbons (Fsp3) is 0.312. The number of amidine groups is 2. The Morgan fingerprint density at radius 1 is 1.50 bits per heavy atom. The van der Waals surface area contributed by atoms with Crippen molar-refractivity contribution < 1.29 is 4.92 Å². The summed E-state index contributed by atoms with van der Waals surface area (Å²) in [5, 5.41) is 15.6. The molecule has 1 aliphatic rings. The predicted octanol–water partition coefficient (Wildman–Crippen LogP) is 3.33. The van der Waals surface area contributed by atoms with Gasteiger partial charge in [-0.05, 0) is 36.0 Å². The van der Waals surface area contributed by atoms with E-state index in [-0.39, 0.29) is 11.7 Å². The molecule has 10 heteroatoms. The van der Waals surface area contributed by atoms with Crippen LogP contribution in [0.2, 0.25) is 4.47 Å². The zero-order valence-electron chi connectivity index (χ0n) is 14.3. The van der Waals surface area contributed by atoms with Crippen LogP contribution in [0.1, 0.15) is 16.0 Å². The van der Waals surface area contributed by atoms with Crippen LogP contribution in [0.4, 0.5) is 5.69 Å². The molecule has 0 saturated carbocycles. The first-order chi connectivity index (χ1) is 12.5. The van der Waals surface area contributed by atoms with Gasteiger partial charge in [0.25, 0.3) is 0 Å². The number of thiazole rings is 1. The molecule has 0 saturated heterocycles. The maximum atomic E-state index is 11.6. The Morgan fingerprint density at radius 2 is 2.31 bits per heavy atom. The van der Waals surface area contributed by atoms with Gasteiger partial charge in [-0.25, -0.2) is 4.98 Å². The predicted molar refractivity (Wildman–Crippen MR) is 104 cm³/mol. The van der Waals surface area contributed by atoms with Crippen LogP contribution in [0.5, 0.6) is 0 Å². The molecule has 2 heterocycles. The topological polar surface area (TPSA) is 96.0 Å². The molecule has 1 aromatic carbocycles. The third-order valence-electron chi connectivity index (χ3n) is 4.06. The van der Waals surface area contributed by atoms with Crippen LogP contribution in [0.15, 0.2) is 34.5 Å². The van der Waals surface area contributed by atoms with Crippen LogP contribution in [-0.2, 0) is 6.54 Å². The summed E-state index contributed by atoms with van der Waals surface area (Å²) in [5.41, 5.74) is 5.60. The number of rotatable bonds is 5. The highest BCUT2D eigenvalue weighted by Crippen LogP contribution is 2.21. The molecule has 0 fully saturated rings. The summed E-state index contributed by atoms with van der Waals surface area (Å²) in [5.74, 6) is -0.0450. The van der Waals surface area contributed by atoms with Crippen molar-refractivity contribution in [2.24, 2.45) is 10.1 Å². The minimum absolute atomic E-state index is 0.261. The number of hydrogen-bond donors (Lipinski definition) is 1. The van der Waals surface area contributed by atoms with Gasteiger partial charge in [0.1, 0.15) is 0 Å². The SMILES string of the molecule is Cc1cccc(NN=C(C2=NCCN2Cc2cnc(Cl)s2)[N+](=O)[O-])c1C. The summed E-state index contributed by atoms with van der Waals surface area (Å²) >= 11 is 7.20. The molecule has 1 aromatic heterocycles. The molecule has 0 spiro atoms. The summed E-state index contributed by atoms with van der Waals surface area (Å²) in [6, 6.07) is 5.68. The number of hydrazone groups is 1. The third kappa shape index (κ3) is 4.00. The van der Waals surface area contributed by atoms with Crippen LogP contribution >= 0.6 is 22.9 Å². The lowest BCUT2D eigenvalue weighted by atomic mass is 10.1. The second-order valence-electron chi connectivity index (χ2n) is 5.76. The molecule has 0 atom stereocenters. The molecule has 0 amide bonds. The maximum Gasteiger partial charge on any atom is 0.430 e. The largest absolute Gasteiger partial charge is 0.430 e. The number of nitrogens with one attached hydrogen (secondary N) is 1. The molecule has 0 bridgehead atoms. The van der Waals surface area contributed by atoms with Crippen LogP contribution in [0.3, 0.4) is 0 Å². The Balaban J connectivity index is 1.82. The first-order valence-electron chi connectivity index (χ1n) is 7.90. The highest BCUT2D eigenvalue weighted by atomic mass is 35.5. The van der Waals surface area contributed by atoms with Gasteiger partial charge in [-0.3, -0.25) is 4.99 Å². The van der Waals surface area contributed by atoms with Crippen molar-refractivity contribution in [2.45, 2.75) is 20.4 Å². The van der Waals surface area contributed by atoms with E-state index in [1.807, 2.05) is 36.9 Å². The lowest BCUT2D eigenvalue weighted by Crippen LogP contribution is -2.37. The van der Waals surface area contributed by atoms with Crippen molar-refractivity contribution in [3.63, 3.8) is 0 Å². The van der Waals surface area contributed by atoms with E-state index >= 15 is 0 Å². The zero-order chi connectivity index (χ0) is 18.7. The van der Waals surface area contributed by atoms with Crippen LogP contribution in [0.25, 0.3) is 0 Å². The lowest BCUT2D eigenvalue weighted by Gasteiger charge is -2.16. The second kappa shape index (κ2) is 7.79. The number of nitrogens with zero attached hydrogens (tertiary/aromatic N) is 5. The number of aryl methyl sites for hydroxylation is 1. The number of benzene rings is 1. The molecule has 8 nitrogen and oxygen atoms in total. The molecule has 136 valence electrons. The maximum absolute atomic E-state index is 11.6. The van der Waals surface area contributed by atoms with E-state index in [4.69, 9.17) is 11.6 Å². The van der Waals surface area contributed by atoms with Gasteiger partial charge in [0.2, 0.25) is 5.84 Å². The van der Waals surface area contributed by atoms with Crippen molar-refractivity contribution in [2.75, 3.05) is 18.5 Å². The number of hydrogen-bond acceptors (Lipinski definition) is 8. The Kier molecular flexibility index (Phi) is 5.48. The van der Waals surface area contributed by atoms with Crippen molar-refractivity contribution in [3.05, 3.63) is 55.0 Å². The van der Waals surface area contributed by atoms with E-state index < -0.39 is 4.92 Å². The van der Waals surface area contributed by atoms with Gasteiger partial charge < -0.3 is 15.0 Å². The van der Waals surface area contributed by atoms with Gasteiger partial charge in [0.05, 0.1) is 23.9 Å². The Bertz CT molecular complexity index is 895. The lowest BCUT2D eigenvalue weighted by molar-refractivity contribution is -0.346. The minimum atomic E-state index is -0.519. The second-order valence-corrected chi connectivity index (χ2v) is 7.46. The number of anilines is 1. The smallest absolute Gasteiger partial charge is 0.358 e. The molecular formula is C16H17ClN6O2S. The monoisotopic (exact) mass is 392 g/mol. The Labute approximate surface area is 159 Å². The van der Waals surface area contributed by atoms with Gasteiger partial charge >= 0.3 is 5.84 Å². The molecule has 26 heavy (non-hydrogen) atoms. The molecule has 1 aliphatic heterocycles.